The van der Waals surface area contributed by atoms with Gasteiger partial charge in [-0.2, -0.15) is 5.10 Å². The van der Waals surface area contributed by atoms with Gasteiger partial charge in [0.1, 0.15) is 5.78 Å². The summed E-state index contributed by atoms with van der Waals surface area (Å²) in [4.78, 5) is 29.2. The summed E-state index contributed by atoms with van der Waals surface area (Å²) in [6.07, 6.45) is 9.58. The maximum absolute atomic E-state index is 13.0. The van der Waals surface area contributed by atoms with Crippen LogP contribution in [0.25, 0.3) is 0 Å². The summed E-state index contributed by atoms with van der Waals surface area (Å²) in [5, 5.41) is 14.7. The van der Waals surface area contributed by atoms with E-state index in [1.807, 2.05) is 0 Å². The summed E-state index contributed by atoms with van der Waals surface area (Å²) >= 11 is 0. The predicted octanol–water partition coefficient (Wildman–Crippen LogP) is 2.77. The Balaban J connectivity index is 1.56. The van der Waals surface area contributed by atoms with Gasteiger partial charge in [0.2, 0.25) is 0 Å². The number of fused-ring (bicyclic) bond motifs is 5. The van der Waals surface area contributed by atoms with Crippen molar-refractivity contribution in [1.82, 2.24) is 0 Å². The van der Waals surface area contributed by atoms with E-state index >= 15 is 0 Å². The second kappa shape index (κ2) is 7.60. The van der Waals surface area contributed by atoms with Crippen molar-refractivity contribution >= 4 is 24.0 Å². The molecule has 6 nitrogen and oxygen atoms in total. The lowest BCUT2D eigenvalue weighted by atomic mass is 9.44. The molecule has 4 rings (SSSR count). The van der Waals surface area contributed by atoms with Crippen LogP contribution in [0.1, 0.15) is 65.2 Å². The number of rotatable bonds is 4. The lowest BCUT2D eigenvalue weighted by molar-refractivity contribution is -0.173. The number of hydrazone groups is 1. The number of carbonyl (C=O) groups excluding carboxylic acids is 2. The number of hydrogen-bond donors (Lipinski definition) is 2. The van der Waals surface area contributed by atoms with Crippen LogP contribution in [0.4, 0.5) is 0 Å². The SMILES string of the molecule is C[C@]12CCC(=O)C[C@@H]1CC[C@@H]1[C@@H]2[C@@H](O)C[C@]2(C)[C@@H](C(=O)CN=CC=NN)CC[C@@H]12. The summed E-state index contributed by atoms with van der Waals surface area (Å²) in [6, 6.07) is 0. The average molecular weight is 402 g/mol. The van der Waals surface area contributed by atoms with E-state index < -0.39 is 0 Å². The first-order valence-electron chi connectivity index (χ1n) is 11.3. The highest BCUT2D eigenvalue weighted by atomic mass is 16.3. The molecule has 6 heteroatoms. The molecule has 0 heterocycles. The van der Waals surface area contributed by atoms with Crippen LogP contribution >= 0.6 is 0 Å². The largest absolute Gasteiger partial charge is 0.393 e. The van der Waals surface area contributed by atoms with Crippen LogP contribution in [0.2, 0.25) is 0 Å². The summed E-state index contributed by atoms with van der Waals surface area (Å²) in [7, 11) is 0. The zero-order valence-corrected chi connectivity index (χ0v) is 17.7. The maximum atomic E-state index is 13.0. The van der Waals surface area contributed by atoms with Gasteiger partial charge in [-0.15, -0.1) is 0 Å². The molecule has 3 N–H and O–H groups in total. The third-order valence-corrected chi connectivity index (χ3v) is 9.30. The van der Waals surface area contributed by atoms with Gasteiger partial charge >= 0.3 is 0 Å². The molecule has 8 atom stereocenters. The molecule has 0 spiro atoms. The Kier molecular flexibility index (Phi) is 5.43. The van der Waals surface area contributed by atoms with Gasteiger partial charge in [0.15, 0.2) is 5.78 Å². The summed E-state index contributed by atoms with van der Waals surface area (Å²) in [6.45, 7) is 4.72. The van der Waals surface area contributed by atoms with Crippen molar-refractivity contribution in [2.45, 2.75) is 71.3 Å². The van der Waals surface area contributed by atoms with Crippen molar-refractivity contribution in [2.75, 3.05) is 6.54 Å². The molecule has 4 fully saturated rings. The Hall–Kier alpha value is -1.56. The first kappa shape index (κ1) is 20.7. The standard InChI is InChI=1S/C23H35N3O3/c1-22-8-7-15(27)11-14(22)3-4-16-17-5-6-18(20(29)13-25-9-10-26-24)23(17,2)12-19(28)21(16)22/h9-10,14,16-19,21,28H,3-8,11-13,24H2,1-2H3/t14-,16-,17-,18+,19-,21+,22-,23-/m0/s1. The van der Waals surface area contributed by atoms with Crippen LogP contribution < -0.4 is 5.84 Å². The number of nitrogens with zero attached hydrogens (tertiary/aromatic N) is 2. The van der Waals surface area contributed by atoms with Crippen molar-refractivity contribution in [3.05, 3.63) is 0 Å². The van der Waals surface area contributed by atoms with Crippen molar-refractivity contribution in [1.29, 1.82) is 0 Å². The van der Waals surface area contributed by atoms with E-state index in [9.17, 15) is 14.7 Å². The number of carbonyl (C=O) groups is 2. The lowest BCUT2D eigenvalue weighted by Crippen LogP contribution is -2.59. The highest BCUT2D eigenvalue weighted by Gasteiger charge is 2.63. The fraction of sp³-hybridized carbons (Fsp3) is 0.826. The quantitative estimate of drug-likeness (QED) is 0.429. The van der Waals surface area contributed by atoms with Gasteiger partial charge in [-0.05, 0) is 73.0 Å². The minimum Gasteiger partial charge on any atom is -0.393 e. The van der Waals surface area contributed by atoms with Gasteiger partial charge in [-0.1, -0.05) is 13.8 Å². The molecule has 0 aromatic rings. The minimum atomic E-state index is -0.386. The Bertz CT molecular complexity index is 735. The number of hydrogen-bond acceptors (Lipinski definition) is 6. The van der Waals surface area contributed by atoms with E-state index in [0.29, 0.717) is 42.8 Å². The first-order chi connectivity index (χ1) is 13.8. The molecule has 0 bridgehead atoms. The molecule has 29 heavy (non-hydrogen) atoms. The summed E-state index contributed by atoms with van der Waals surface area (Å²) in [5.41, 5.74) is -0.0889. The van der Waals surface area contributed by atoms with E-state index in [1.165, 1.54) is 12.4 Å². The Morgan fingerprint density at radius 1 is 1.21 bits per heavy atom. The van der Waals surface area contributed by atoms with Crippen LogP contribution in [0.15, 0.2) is 10.1 Å². The normalized spacial score (nSPS) is 47.2. The zero-order valence-electron chi connectivity index (χ0n) is 17.7. The molecular formula is C23H35N3O3. The van der Waals surface area contributed by atoms with Gasteiger partial charge < -0.3 is 10.9 Å². The predicted molar refractivity (Wildman–Crippen MR) is 113 cm³/mol. The van der Waals surface area contributed by atoms with Crippen molar-refractivity contribution in [2.24, 2.45) is 56.4 Å². The number of aliphatic hydroxyl groups excluding tert-OH is 1. The van der Waals surface area contributed by atoms with Crippen LogP contribution in [0.3, 0.4) is 0 Å². The number of nitrogens with two attached hydrogens (primary N) is 1. The lowest BCUT2D eigenvalue weighted by Gasteiger charge is -2.61. The van der Waals surface area contributed by atoms with Crippen LogP contribution in [0.5, 0.6) is 0 Å². The summed E-state index contributed by atoms with van der Waals surface area (Å²) in [5.74, 6) is 7.22. The summed E-state index contributed by atoms with van der Waals surface area (Å²) < 4.78 is 0. The molecule has 0 aromatic heterocycles. The van der Waals surface area contributed by atoms with Gasteiger partial charge in [-0.25, -0.2) is 0 Å². The molecule has 4 aliphatic carbocycles. The first-order valence-corrected chi connectivity index (χ1v) is 11.3. The third-order valence-electron chi connectivity index (χ3n) is 9.30. The van der Waals surface area contributed by atoms with Crippen molar-refractivity contribution < 1.29 is 14.7 Å². The fourth-order valence-electron chi connectivity index (χ4n) is 8.04. The fourth-order valence-corrected chi connectivity index (χ4v) is 8.04. The minimum absolute atomic E-state index is 0.0338. The molecule has 160 valence electrons. The zero-order chi connectivity index (χ0) is 20.8. The van der Waals surface area contributed by atoms with Gasteiger partial charge in [0.05, 0.1) is 18.9 Å². The molecule has 0 unspecified atom stereocenters. The molecule has 0 radical (unpaired) electrons. The number of ketones is 2. The Morgan fingerprint density at radius 2 is 2.00 bits per heavy atom. The van der Waals surface area contributed by atoms with Crippen LogP contribution in [-0.4, -0.2) is 41.8 Å². The molecule has 0 saturated heterocycles. The van der Waals surface area contributed by atoms with E-state index in [4.69, 9.17) is 5.84 Å². The smallest absolute Gasteiger partial charge is 0.157 e. The second-order valence-corrected chi connectivity index (χ2v) is 10.5. The molecule has 0 aromatic carbocycles. The number of aliphatic imine (C=N–C) groups is 1. The average Bonchev–Trinajstić information content (AvgIpc) is 3.02. The second-order valence-electron chi connectivity index (χ2n) is 10.5. The van der Waals surface area contributed by atoms with Gasteiger partial charge in [0.25, 0.3) is 0 Å². The van der Waals surface area contributed by atoms with Gasteiger partial charge in [-0.3, -0.25) is 14.6 Å². The third kappa shape index (κ3) is 3.28. The maximum Gasteiger partial charge on any atom is 0.157 e. The Labute approximate surface area is 173 Å². The Morgan fingerprint density at radius 3 is 2.76 bits per heavy atom. The molecule has 0 amide bonds. The number of aliphatic hydroxyl groups is 1. The van der Waals surface area contributed by atoms with E-state index in [1.54, 1.807) is 0 Å². The molecule has 4 aliphatic rings. The van der Waals surface area contributed by atoms with Crippen LogP contribution in [-0.2, 0) is 9.59 Å². The van der Waals surface area contributed by atoms with E-state index in [2.05, 4.69) is 23.9 Å². The van der Waals surface area contributed by atoms with Crippen molar-refractivity contribution in [3.8, 4) is 0 Å². The number of Topliss-reactive ketones (excluding diaryl/α,β-unsaturated/α-hetero) is 2. The van der Waals surface area contributed by atoms with E-state index in [-0.39, 0.29) is 41.1 Å². The van der Waals surface area contributed by atoms with Crippen molar-refractivity contribution in [3.63, 3.8) is 0 Å². The van der Waals surface area contributed by atoms with Gasteiger partial charge in [0, 0.05) is 25.0 Å². The molecular weight excluding hydrogens is 366 g/mol. The topological polar surface area (TPSA) is 105 Å². The van der Waals surface area contributed by atoms with Crippen LogP contribution in [0, 0.1) is 40.4 Å². The molecule has 0 aliphatic heterocycles. The monoisotopic (exact) mass is 401 g/mol. The highest BCUT2D eigenvalue weighted by Crippen LogP contribution is 2.67. The highest BCUT2D eigenvalue weighted by molar-refractivity contribution is 6.16. The van der Waals surface area contributed by atoms with E-state index in [0.717, 1.165) is 32.1 Å². The molecule has 4 saturated carbocycles.